The fourth-order valence-corrected chi connectivity index (χ4v) is 2.84. The molecule has 0 bridgehead atoms. The summed E-state index contributed by atoms with van der Waals surface area (Å²) in [5.41, 5.74) is 0.791. The van der Waals surface area contributed by atoms with E-state index in [4.69, 9.17) is 0 Å². The Morgan fingerprint density at radius 2 is 2.12 bits per heavy atom. The molecular formula is C13H17BrOS. The van der Waals surface area contributed by atoms with E-state index in [9.17, 15) is 4.79 Å². The van der Waals surface area contributed by atoms with E-state index in [0.29, 0.717) is 11.7 Å². The number of hydrogen-bond acceptors (Lipinski definition) is 2. The summed E-state index contributed by atoms with van der Waals surface area (Å²) in [5, 5.41) is 0. The van der Waals surface area contributed by atoms with Crippen molar-refractivity contribution < 1.29 is 4.79 Å². The molecule has 16 heavy (non-hydrogen) atoms. The van der Waals surface area contributed by atoms with Gasteiger partial charge < -0.3 is 0 Å². The molecule has 0 aliphatic carbocycles. The van der Waals surface area contributed by atoms with Crippen molar-refractivity contribution in [3.8, 4) is 0 Å². The lowest BCUT2D eigenvalue weighted by Gasteiger charge is -2.07. The number of rotatable bonds is 6. The largest absolute Gasteiger partial charge is 0.293 e. The number of carbonyl (C=O) groups is 1. The topological polar surface area (TPSA) is 17.1 Å². The highest BCUT2D eigenvalue weighted by Gasteiger charge is 2.09. The van der Waals surface area contributed by atoms with Crippen LogP contribution in [0.1, 0.15) is 30.6 Å². The van der Waals surface area contributed by atoms with Crippen molar-refractivity contribution in [2.24, 2.45) is 5.92 Å². The lowest BCUT2D eigenvalue weighted by molar-refractivity contribution is 0.102. The number of hydrogen-bond donors (Lipinski definition) is 0. The fourth-order valence-electron chi connectivity index (χ4n) is 1.24. The van der Waals surface area contributed by atoms with Crippen LogP contribution < -0.4 is 0 Å². The summed E-state index contributed by atoms with van der Waals surface area (Å²) in [6, 6.07) is 7.60. The molecular weight excluding hydrogens is 284 g/mol. The Balaban J connectivity index is 2.44. The quantitative estimate of drug-likeness (QED) is 0.724. The van der Waals surface area contributed by atoms with Gasteiger partial charge in [-0.3, -0.25) is 4.79 Å². The van der Waals surface area contributed by atoms with Crippen LogP contribution in [0.2, 0.25) is 0 Å². The molecule has 0 saturated heterocycles. The molecule has 0 aliphatic rings. The van der Waals surface area contributed by atoms with Crippen molar-refractivity contribution in [2.75, 3.05) is 11.5 Å². The van der Waals surface area contributed by atoms with Crippen LogP contribution in [0, 0.1) is 5.92 Å². The van der Waals surface area contributed by atoms with E-state index in [1.165, 1.54) is 6.42 Å². The smallest absolute Gasteiger partial charge is 0.173 e. The maximum absolute atomic E-state index is 11.9. The van der Waals surface area contributed by atoms with Gasteiger partial charge in [-0.05, 0) is 17.7 Å². The van der Waals surface area contributed by atoms with Gasteiger partial charge in [0.1, 0.15) is 0 Å². The maximum Gasteiger partial charge on any atom is 0.173 e. The Hall–Kier alpha value is -0.280. The number of halogens is 1. The monoisotopic (exact) mass is 300 g/mol. The van der Waals surface area contributed by atoms with Crippen molar-refractivity contribution in [1.29, 1.82) is 0 Å². The molecule has 0 heterocycles. The molecule has 0 aromatic heterocycles. The SMILES string of the molecule is CCC(C)CSCC(=O)c1ccccc1Br. The van der Waals surface area contributed by atoms with E-state index >= 15 is 0 Å². The summed E-state index contributed by atoms with van der Waals surface area (Å²) >= 11 is 5.13. The van der Waals surface area contributed by atoms with Gasteiger partial charge in [-0.2, -0.15) is 11.8 Å². The lowest BCUT2D eigenvalue weighted by Crippen LogP contribution is -2.06. The summed E-state index contributed by atoms with van der Waals surface area (Å²) in [5.74, 6) is 2.54. The lowest BCUT2D eigenvalue weighted by atomic mass is 10.1. The van der Waals surface area contributed by atoms with Crippen LogP contribution in [0.4, 0.5) is 0 Å². The van der Waals surface area contributed by atoms with Gasteiger partial charge in [0.15, 0.2) is 5.78 Å². The highest BCUT2D eigenvalue weighted by molar-refractivity contribution is 9.10. The molecule has 1 unspecified atom stereocenters. The zero-order chi connectivity index (χ0) is 12.0. The molecule has 88 valence electrons. The molecule has 0 radical (unpaired) electrons. The minimum absolute atomic E-state index is 0.209. The first-order valence-corrected chi connectivity index (χ1v) is 7.45. The predicted molar refractivity (Wildman–Crippen MR) is 75.3 cm³/mol. The zero-order valence-corrected chi connectivity index (χ0v) is 12.1. The van der Waals surface area contributed by atoms with Crippen molar-refractivity contribution >= 4 is 33.5 Å². The van der Waals surface area contributed by atoms with Gasteiger partial charge in [0.05, 0.1) is 5.75 Å². The molecule has 0 spiro atoms. The molecule has 1 aromatic carbocycles. The van der Waals surface area contributed by atoms with E-state index in [2.05, 4.69) is 29.8 Å². The third kappa shape index (κ3) is 4.30. The van der Waals surface area contributed by atoms with Gasteiger partial charge in [-0.1, -0.05) is 54.4 Å². The van der Waals surface area contributed by atoms with E-state index in [0.717, 1.165) is 15.8 Å². The Kier molecular flexibility index (Phi) is 6.14. The zero-order valence-electron chi connectivity index (χ0n) is 9.70. The highest BCUT2D eigenvalue weighted by atomic mass is 79.9. The molecule has 0 N–H and O–H groups in total. The second-order valence-electron chi connectivity index (χ2n) is 3.93. The van der Waals surface area contributed by atoms with E-state index in [1.807, 2.05) is 24.3 Å². The summed E-state index contributed by atoms with van der Waals surface area (Å²) in [7, 11) is 0. The van der Waals surface area contributed by atoms with E-state index < -0.39 is 0 Å². The maximum atomic E-state index is 11.9. The van der Waals surface area contributed by atoms with Crippen molar-refractivity contribution in [3.63, 3.8) is 0 Å². The van der Waals surface area contributed by atoms with Crippen molar-refractivity contribution in [1.82, 2.24) is 0 Å². The Morgan fingerprint density at radius 3 is 2.75 bits per heavy atom. The molecule has 1 nitrogen and oxygen atoms in total. The van der Waals surface area contributed by atoms with Gasteiger partial charge in [-0.15, -0.1) is 0 Å². The van der Waals surface area contributed by atoms with Crippen LogP contribution >= 0.6 is 27.7 Å². The minimum atomic E-state index is 0.209. The Labute approximate surface area is 110 Å². The van der Waals surface area contributed by atoms with Crippen molar-refractivity contribution in [3.05, 3.63) is 34.3 Å². The molecule has 1 aromatic rings. The first kappa shape index (κ1) is 13.8. The molecule has 0 fully saturated rings. The number of thioether (sulfide) groups is 1. The summed E-state index contributed by atoms with van der Waals surface area (Å²) in [4.78, 5) is 11.9. The van der Waals surface area contributed by atoms with E-state index in [1.54, 1.807) is 11.8 Å². The van der Waals surface area contributed by atoms with Gasteiger partial charge in [-0.25, -0.2) is 0 Å². The third-order valence-corrected chi connectivity index (χ3v) is 4.47. The number of carbonyl (C=O) groups excluding carboxylic acids is 1. The molecule has 0 amide bonds. The summed E-state index contributed by atoms with van der Waals surface area (Å²) in [6.45, 7) is 4.40. The minimum Gasteiger partial charge on any atom is -0.293 e. The average molecular weight is 301 g/mol. The number of benzene rings is 1. The number of Topliss-reactive ketones (excluding diaryl/α,β-unsaturated/α-hetero) is 1. The molecule has 0 aliphatic heterocycles. The third-order valence-electron chi connectivity index (χ3n) is 2.51. The van der Waals surface area contributed by atoms with Crippen LogP contribution in [0.3, 0.4) is 0 Å². The Bertz CT molecular complexity index is 352. The van der Waals surface area contributed by atoms with Gasteiger partial charge in [0.25, 0.3) is 0 Å². The molecule has 0 saturated carbocycles. The first-order chi connectivity index (χ1) is 7.65. The van der Waals surface area contributed by atoms with Gasteiger partial charge in [0.2, 0.25) is 0 Å². The average Bonchev–Trinajstić information content (AvgIpc) is 2.29. The second-order valence-corrected chi connectivity index (χ2v) is 5.82. The van der Waals surface area contributed by atoms with Crippen LogP contribution in [-0.2, 0) is 0 Å². The van der Waals surface area contributed by atoms with Crippen LogP contribution in [-0.4, -0.2) is 17.3 Å². The van der Waals surface area contributed by atoms with Crippen molar-refractivity contribution in [2.45, 2.75) is 20.3 Å². The summed E-state index contributed by atoms with van der Waals surface area (Å²) in [6.07, 6.45) is 1.18. The molecule has 1 atom stereocenters. The normalized spacial score (nSPS) is 12.4. The van der Waals surface area contributed by atoms with Crippen LogP contribution in [0.25, 0.3) is 0 Å². The first-order valence-electron chi connectivity index (χ1n) is 5.50. The van der Waals surface area contributed by atoms with E-state index in [-0.39, 0.29) is 5.78 Å². The summed E-state index contributed by atoms with van der Waals surface area (Å²) < 4.78 is 0.893. The standard InChI is InChI=1S/C13H17BrOS/c1-3-10(2)8-16-9-13(15)11-6-4-5-7-12(11)14/h4-7,10H,3,8-9H2,1-2H3. The molecule has 1 rings (SSSR count). The fraction of sp³-hybridized carbons (Fsp3) is 0.462. The van der Waals surface area contributed by atoms with Crippen LogP contribution in [0.15, 0.2) is 28.7 Å². The predicted octanol–water partition coefficient (Wildman–Crippen LogP) is 4.41. The van der Waals surface area contributed by atoms with Crippen LogP contribution in [0.5, 0.6) is 0 Å². The molecule has 3 heteroatoms. The van der Waals surface area contributed by atoms with Gasteiger partial charge >= 0.3 is 0 Å². The van der Waals surface area contributed by atoms with Gasteiger partial charge in [0, 0.05) is 10.0 Å². The highest BCUT2D eigenvalue weighted by Crippen LogP contribution is 2.19. The Morgan fingerprint density at radius 1 is 1.44 bits per heavy atom. The second kappa shape index (κ2) is 7.13. The number of ketones is 1.